The fraction of sp³-hybridized carbons (Fsp3) is 0.632. The van der Waals surface area contributed by atoms with E-state index in [4.69, 9.17) is 4.74 Å². The van der Waals surface area contributed by atoms with Crippen LogP contribution in [0.3, 0.4) is 0 Å². The largest absolute Gasteiger partial charge is 0.499 e. The smallest absolute Gasteiger partial charge is 0.465 e. The van der Waals surface area contributed by atoms with E-state index >= 15 is 0 Å². The summed E-state index contributed by atoms with van der Waals surface area (Å²) >= 11 is 1.12. The van der Waals surface area contributed by atoms with Gasteiger partial charge in [-0.15, -0.1) is 11.3 Å². The van der Waals surface area contributed by atoms with Crippen molar-refractivity contribution in [2.24, 2.45) is 11.8 Å². The van der Waals surface area contributed by atoms with Crippen molar-refractivity contribution in [1.82, 2.24) is 4.90 Å². The number of methoxy groups -OCH3 is 1. The molecule has 0 atom stereocenters. The molecule has 0 unspecified atom stereocenters. The normalized spacial score (nSPS) is 24.7. The van der Waals surface area contributed by atoms with Gasteiger partial charge in [-0.25, -0.2) is 4.79 Å². The van der Waals surface area contributed by atoms with Gasteiger partial charge in [-0.1, -0.05) is 19.8 Å². The Balaban J connectivity index is 2.05. The average Bonchev–Trinajstić information content (AvgIpc) is 3.07. The number of carbonyl (C=O) groups is 1. The zero-order chi connectivity index (χ0) is 18.8. The van der Waals surface area contributed by atoms with Crippen LogP contribution in [-0.4, -0.2) is 55.3 Å². The molecule has 0 radical (unpaired) electrons. The molecule has 0 amide bonds. The maximum atomic E-state index is 12.3. The van der Waals surface area contributed by atoms with E-state index in [0.29, 0.717) is 15.6 Å². The lowest BCUT2D eigenvalue weighted by atomic mass is 9.75. The van der Waals surface area contributed by atoms with Gasteiger partial charge in [-0.2, -0.15) is 0 Å². The summed E-state index contributed by atoms with van der Waals surface area (Å²) in [4.78, 5) is 15.1. The summed E-state index contributed by atoms with van der Waals surface area (Å²) in [6.07, 6.45) is 5.76. The molecule has 142 valence electrons. The molecule has 26 heavy (non-hydrogen) atoms. The summed E-state index contributed by atoms with van der Waals surface area (Å²) in [5.74, 6) is 0.941. The molecule has 1 saturated carbocycles. The molecule has 2 heterocycles. The Kier molecular flexibility index (Phi) is 6.23. The minimum atomic E-state index is -1.57. The number of nitrogens with zero attached hydrogens (tertiary/aromatic N) is 1. The minimum absolute atomic E-state index is 0.392. The number of hydrogen-bond donors (Lipinski definition) is 2. The first-order valence-corrected chi connectivity index (χ1v) is 10.2. The maximum Gasteiger partial charge on any atom is 0.499 e. The summed E-state index contributed by atoms with van der Waals surface area (Å²) in [6, 6.07) is 1.77. The molecule has 5 nitrogen and oxygen atoms in total. The van der Waals surface area contributed by atoms with Gasteiger partial charge in [0, 0.05) is 23.4 Å². The molecular formula is C19H28BNO4S. The highest BCUT2D eigenvalue weighted by molar-refractivity contribution is 7.23. The third-order valence-corrected chi connectivity index (χ3v) is 6.94. The molecule has 0 saturated heterocycles. The van der Waals surface area contributed by atoms with Gasteiger partial charge in [0.2, 0.25) is 0 Å². The Bertz CT molecular complexity index is 692. The van der Waals surface area contributed by atoms with Crippen LogP contribution in [0, 0.1) is 11.8 Å². The Hall–Kier alpha value is -1.15. The van der Waals surface area contributed by atoms with Gasteiger partial charge in [-0.05, 0) is 55.4 Å². The number of likely N-dealkylation sites (N-methyl/N-ethyl adjacent to an activating group) is 1. The van der Waals surface area contributed by atoms with Gasteiger partial charge in [0.15, 0.2) is 0 Å². The van der Waals surface area contributed by atoms with Crippen molar-refractivity contribution in [3.63, 3.8) is 0 Å². The fourth-order valence-corrected chi connectivity index (χ4v) is 5.20. The summed E-state index contributed by atoms with van der Waals surface area (Å²) in [7, 11) is 1.94. The predicted molar refractivity (Wildman–Crippen MR) is 106 cm³/mol. The second-order valence-corrected chi connectivity index (χ2v) is 8.79. The summed E-state index contributed by atoms with van der Waals surface area (Å²) in [5, 5.41) is 19.2. The number of rotatable bonds is 4. The van der Waals surface area contributed by atoms with Crippen molar-refractivity contribution in [3.05, 3.63) is 22.1 Å². The molecule has 0 aromatic carbocycles. The molecule has 1 aliphatic heterocycles. The SMILES string of the molecule is COC(=O)c1sc(B(O)O)cc1C1=C(C2CCC(C)CC2)CN(C)CC1. The monoisotopic (exact) mass is 377 g/mol. The van der Waals surface area contributed by atoms with E-state index in [9.17, 15) is 14.8 Å². The van der Waals surface area contributed by atoms with E-state index in [1.807, 2.05) is 0 Å². The third-order valence-electron chi connectivity index (χ3n) is 5.78. The Morgan fingerprint density at radius 2 is 2.00 bits per heavy atom. The first-order valence-electron chi connectivity index (χ1n) is 9.39. The second kappa shape index (κ2) is 8.25. The van der Waals surface area contributed by atoms with E-state index in [2.05, 4.69) is 18.9 Å². The summed E-state index contributed by atoms with van der Waals surface area (Å²) in [5.41, 5.74) is 3.48. The molecular weight excluding hydrogens is 349 g/mol. The van der Waals surface area contributed by atoms with E-state index in [0.717, 1.165) is 42.3 Å². The first-order chi connectivity index (χ1) is 12.4. The van der Waals surface area contributed by atoms with Crippen LogP contribution < -0.4 is 4.78 Å². The van der Waals surface area contributed by atoms with Gasteiger partial charge in [0.25, 0.3) is 0 Å². The van der Waals surface area contributed by atoms with Crippen molar-refractivity contribution in [2.45, 2.75) is 39.0 Å². The van der Waals surface area contributed by atoms with Crippen LogP contribution in [0.15, 0.2) is 11.6 Å². The highest BCUT2D eigenvalue weighted by atomic mass is 32.1. The lowest BCUT2D eigenvalue weighted by Gasteiger charge is -2.35. The van der Waals surface area contributed by atoms with E-state index in [1.54, 1.807) is 6.07 Å². The highest BCUT2D eigenvalue weighted by Gasteiger charge is 2.31. The first kappa shape index (κ1) is 19.6. The van der Waals surface area contributed by atoms with Crippen molar-refractivity contribution in [1.29, 1.82) is 0 Å². The quantitative estimate of drug-likeness (QED) is 0.622. The summed E-state index contributed by atoms with van der Waals surface area (Å²) in [6.45, 7) is 4.18. The molecule has 0 spiro atoms. The van der Waals surface area contributed by atoms with Gasteiger partial charge < -0.3 is 19.7 Å². The molecule has 1 aromatic heterocycles. The van der Waals surface area contributed by atoms with Crippen molar-refractivity contribution in [2.75, 3.05) is 27.2 Å². The molecule has 1 fully saturated rings. The van der Waals surface area contributed by atoms with Crippen LogP contribution in [0.4, 0.5) is 0 Å². The molecule has 1 aromatic rings. The zero-order valence-corrected chi connectivity index (χ0v) is 16.6. The Labute approximate surface area is 159 Å². The fourth-order valence-electron chi connectivity index (χ4n) is 4.23. The standard InChI is InChI=1S/C19H28BNO4S/c1-12-4-6-13(7-5-12)16-11-21(2)9-8-14(16)15-10-17(20(23)24)26-18(15)19(22)25-3/h10,12-13,23-24H,4-9,11H2,1-3H3. The Morgan fingerprint density at radius 1 is 1.31 bits per heavy atom. The third kappa shape index (κ3) is 4.06. The molecule has 2 aliphatic rings. The van der Waals surface area contributed by atoms with E-state index < -0.39 is 13.1 Å². The van der Waals surface area contributed by atoms with Crippen LogP contribution in [0.1, 0.15) is 54.3 Å². The van der Waals surface area contributed by atoms with Crippen LogP contribution >= 0.6 is 11.3 Å². The van der Waals surface area contributed by atoms with Crippen molar-refractivity contribution in [3.8, 4) is 0 Å². The van der Waals surface area contributed by atoms with Crippen molar-refractivity contribution >= 4 is 34.8 Å². The summed E-state index contributed by atoms with van der Waals surface area (Å²) < 4.78 is 5.34. The minimum Gasteiger partial charge on any atom is -0.465 e. The lowest BCUT2D eigenvalue weighted by Crippen LogP contribution is -2.32. The number of carbonyl (C=O) groups excluding carboxylic acids is 1. The predicted octanol–water partition coefficient (Wildman–Crippen LogP) is 2.13. The van der Waals surface area contributed by atoms with Crippen molar-refractivity contribution < 1.29 is 19.6 Å². The lowest BCUT2D eigenvalue weighted by molar-refractivity contribution is 0.0606. The Morgan fingerprint density at radius 3 is 2.62 bits per heavy atom. The zero-order valence-electron chi connectivity index (χ0n) is 15.8. The number of thiophene rings is 1. The molecule has 7 heteroatoms. The topological polar surface area (TPSA) is 70.0 Å². The van der Waals surface area contributed by atoms with E-state index in [-0.39, 0.29) is 0 Å². The number of hydrogen-bond acceptors (Lipinski definition) is 6. The molecule has 1 aliphatic carbocycles. The highest BCUT2D eigenvalue weighted by Crippen LogP contribution is 2.40. The average molecular weight is 377 g/mol. The molecule has 3 rings (SSSR count). The number of esters is 1. The van der Waals surface area contributed by atoms with Gasteiger partial charge >= 0.3 is 13.1 Å². The van der Waals surface area contributed by atoms with Gasteiger partial charge in [-0.3, -0.25) is 0 Å². The van der Waals surface area contributed by atoms with Crippen LogP contribution in [-0.2, 0) is 4.74 Å². The van der Waals surface area contributed by atoms with Crippen LogP contribution in [0.5, 0.6) is 0 Å². The number of ether oxygens (including phenoxy) is 1. The van der Waals surface area contributed by atoms with Gasteiger partial charge in [0.1, 0.15) is 4.88 Å². The van der Waals surface area contributed by atoms with Gasteiger partial charge in [0.05, 0.1) is 7.11 Å². The maximum absolute atomic E-state index is 12.3. The molecule has 0 bridgehead atoms. The van der Waals surface area contributed by atoms with Crippen LogP contribution in [0.2, 0.25) is 0 Å². The van der Waals surface area contributed by atoms with E-state index in [1.165, 1.54) is 43.9 Å². The molecule has 2 N–H and O–H groups in total. The van der Waals surface area contributed by atoms with Crippen LogP contribution in [0.25, 0.3) is 5.57 Å². The second-order valence-electron chi connectivity index (χ2n) is 7.71.